The van der Waals surface area contributed by atoms with Crippen LogP contribution in [0.2, 0.25) is 0 Å². The lowest BCUT2D eigenvalue weighted by Crippen LogP contribution is -2.05. The first-order chi connectivity index (χ1) is 11.1. The summed E-state index contributed by atoms with van der Waals surface area (Å²) in [6, 6.07) is 12.7. The predicted molar refractivity (Wildman–Crippen MR) is 84.0 cm³/mol. The van der Waals surface area contributed by atoms with Crippen LogP contribution < -0.4 is 4.74 Å². The first kappa shape index (κ1) is 16.2. The van der Waals surface area contributed by atoms with Crippen LogP contribution in [-0.4, -0.2) is 24.2 Å². The zero-order chi connectivity index (χ0) is 16.7. The second-order valence-electron chi connectivity index (χ2n) is 4.49. The minimum atomic E-state index is -0.598. The number of carbonyl (C=O) groups is 1. The number of aliphatic imine (C=N–C) groups is 1. The van der Waals surface area contributed by atoms with Crippen molar-refractivity contribution in [3.8, 4) is 5.75 Å². The Morgan fingerprint density at radius 1 is 1.17 bits per heavy atom. The molecule has 0 aliphatic heterocycles. The summed E-state index contributed by atoms with van der Waals surface area (Å²) >= 11 is 0. The summed E-state index contributed by atoms with van der Waals surface area (Å²) in [6.45, 7) is 0.0193. The van der Waals surface area contributed by atoms with Gasteiger partial charge in [0.15, 0.2) is 0 Å². The quantitative estimate of drug-likeness (QED) is 0.354. The van der Waals surface area contributed by atoms with E-state index in [1.54, 1.807) is 31.4 Å². The molecule has 2 rings (SSSR count). The van der Waals surface area contributed by atoms with Crippen molar-refractivity contribution in [2.45, 2.75) is 6.61 Å². The normalized spacial score (nSPS) is 10.5. The molecular formula is C16H14N2O5. The fourth-order valence-corrected chi connectivity index (χ4v) is 1.70. The van der Waals surface area contributed by atoms with Gasteiger partial charge in [0.05, 0.1) is 17.7 Å². The van der Waals surface area contributed by atoms with Gasteiger partial charge in [0.25, 0.3) is 5.69 Å². The van der Waals surface area contributed by atoms with Gasteiger partial charge in [-0.1, -0.05) is 0 Å². The molecule has 0 saturated heterocycles. The van der Waals surface area contributed by atoms with Gasteiger partial charge in [0, 0.05) is 12.1 Å². The largest absolute Gasteiger partial charge is 0.497 e. The minimum absolute atomic E-state index is 0.0128. The monoisotopic (exact) mass is 314 g/mol. The van der Waals surface area contributed by atoms with Crippen molar-refractivity contribution in [1.82, 2.24) is 0 Å². The number of non-ortho nitro benzene ring substituents is 1. The maximum Gasteiger partial charge on any atom is 0.349 e. The number of ether oxygens (including phenoxy) is 2. The van der Waals surface area contributed by atoms with Crippen molar-refractivity contribution in [1.29, 1.82) is 0 Å². The van der Waals surface area contributed by atoms with Gasteiger partial charge < -0.3 is 9.47 Å². The van der Waals surface area contributed by atoms with E-state index in [9.17, 15) is 14.9 Å². The number of nitrogens with zero attached hydrogens (tertiary/aromatic N) is 2. The molecular weight excluding hydrogens is 300 g/mol. The highest BCUT2D eigenvalue weighted by molar-refractivity contribution is 6.23. The molecule has 0 atom stereocenters. The molecule has 0 spiro atoms. The number of hydrogen-bond donors (Lipinski definition) is 0. The molecule has 0 aliphatic carbocycles. The lowest BCUT2D eigenvalue weighted by Gasteiger charge is -2.02. The molecule has 0 N–H and O–H groups in total. The molecule has 0 aromatic heterocycles. The maximum absolute atomic E-state index is 11.6. The molecule has 0 fully saturated rings. The van der Waals surface area contributed by atoms with Gasteiger partial charge in [-0.05, 0) is 42.0 Å². The predicted octanol–water partition coefficient (Wildman–Crippen LogP) is 3.05. The van der Waals surface area contributed by atoms with Gasteiger partial charge in [0.1, 0.15) is 18.6 Å². The third-order valence-electron chi connectivity index (χ3n) is 2.92. The average Bonchev–Trinajstić information content (AvgIpc) is 2.59. The minimum Gasteiger partial charge on any atom is -0.497 e. The molecule has 118 valence electrons. The fraction of sp³-hybridized carbons (Fsp3) is 0.125. The lowest BCUT2D eigenvalue weighted by molar-refractivity contribution is -0.384. The average molecular weight is 314 g/mol. The Hall–Kier alpha value is -3.22. The van der Waals surface area contributed by atoms with E-state index in [1.807, 2.05) is 0 Å². The van der Waals surface area contributed by atoms with Crippen LogP contribution in [0.1, 0.15) is 5.56 Å². The van der Waals surface area contributed by atoms with Crippen LogP contribution >= 0.6 is 0 Å². The second kappa shape index (κ2) is 7.69. The summed E-state index contributed by atoms with van der Waals surface area (Å²) < 4.78 is 10.0. The Labute approximate surface area is 132 Å². The molecule has 23 heavy (non-hydrogen) atoms. The van der Waals surface area contributed by atoms with Crippen LogP contribution in [0.25, 0.3) is 0 Å². The smallest absolute Gasteiger partial charge is 0.349 e. The highest BCUT2D eigenvalue weighted by Crippen LogP contribution is 2.17. The van der Waals surface area contributed by atoms with Crippen molar-refractivity contribution in [3.05, 3.63) is 64.2 Å². The van der Waals surface area contributed by atoms with Crippen LogP contribution in [0, 0.1) is 10.1 Å². The topological polar surface area (TPSA) is 91.0 Å². The highest BCUT2D eigenvalue weighted by Gasteiger charge is 2.05. The van der Waals surface area contributed by atoms with E-state index in [0.29, 0.717) is 17.0 Å². The van der Waals surface area contributed by atoms with Crippen LogP contribution in [0.4, 0.5) is 11.4 Å². The first-order valence-corrected chi connectivity index (χ1v) is 6.66. The molecule has 2 aromatic carbocycles. The Morgan fingerprint density at radius 3 is 2.39 bits per heavy atom. The second-order valence-corrected chi connectivity index (χ2v) is 4.49. The zero-order valence-corrected chi connectivity index (χ0v) is 12.3. The number of hydrogen-bond acceptors (Lipinski definition) is 6. The first-order valence-electron chi connectivity index (χ1n) is 6.66. The van der Waals surface area contributed by atoms with Crippen LogP contribution in [0.5, 0.6) is 5.75 Å². The number of rotatable bonds is 6. The van der Waals surface area contributed by atoms with E-state index in [4.69, 9.17) is 9.47 Å². The van der Waals surface area contributed by atoms with Gasteiger partial charge in [-0.3, -0.25) is 10.1 Å². The lowest BCUT2D eigenvalue weighted by atomic mass is 10.2. The Morgan fingerprint density at radius 2 is 1.83 bits per heavy atom. The molecule has 2 aromatic rings. The number of nitro benzene ring substituents is 1. The van der Waals surface area contributed by atoms with Crippen molar-refractivity contribution < 1.29 is 19.2 Å². The Kier molecular flexibility index (Phi) is 5.40. The molecule has 0 aliphatic rings. The SMILES string of the molecule is COc1ccc(N=CC(=O)OCc2ccc([N+](=O)[O-])cc2)cc1. The molecule has 0 heterocycles. The number of esters is 1. The van der Waals surface area contributed by atoms with Crippen molar-refractivity contribution in [2.24, 2.45) is 4.99 Å². The van der Waals surface area contributed by atoms with E-state index in [0.717, 1.165) is 6.21 Å². The standard InChI is InChI=1S/C16H14N2O5/c1-22-15-8-4-13(5-9-15)17-10-16(19)23-11-12-2-6-14(7-3-12)18(20)21/h2-10H,11H2,1H3. The Balaban J connectivity index is 1.86. The van der Waals surface area contributed by atoms with Crippen molar-refractivity contribution in [2.75, 3.05) is 7.11 Å². The molecule has 0 saturated carbocycles. The highest BCUT2D eigenvalue weighted by atomic mass is 16.6. The molecule has 0 unspecified atom stereocenters. The third-order valence-corrected chi connectivity index (χ3v) is 2.92. The zero-order valence-electron chi connectivity index (χ0n) is 12.3. The summed E-state index contributed by atoms with van der Waals surface area (Å²) in [7, 11) is 1.56. The molecule has 7 heteroatoms. The number of benzene rings is 2. The molecule has 0 amide bonds. The number of carbonyl (C=O) groups excluding carboxylic acids is 1. The van der Waals surface area contributed by atoms with Gasteiger partial charge in [-0.2, -0.15) is 0 Å². The summed E-state index contributed by atoms with van der Waals surface area (Å²) in [5.74, 6) is 0.101. The summed E-state index contributed by atoms with van der Waals surface area (Å²) in [6.07, 6.45) is 1.08. The van der Waals surface area contributed by atoms with Gasteiger partial charge in [-0.25, -0.2) is 9.79 Å². The van der Waals surface area contributed by atoms with Crippen LogP contribution in [0.15, 0.2) is 53.5 Å². The summed E-state index contributed by atoms with van der Waals surface area (Å²) in [5.41, 5.74) is 1.24. The van der Waals surface area contributed by atoms with Crippen molar-refractivity contribution >= 4 is 23.6 Å². The van der Waals surface area contributed by atoms with E-state index in [2.05, 4.69) is 4.99 Å². The number of methoxy groups -OCH3 is 1. The van der Waals surface area contributed by atoms with Crippen LogP contribution in [-0.2, 0) is 16.1 Å². The van der Waals surface area contributed by atoms with E-state index < -0.39 is 10.9 Å². The fourth-order valence-electron chi connectivity index (χ4n) is 1.70. The third kappa shape index (κ3) is 4.92. The van der Waals surface area contributed by atoms with Gasteiger partial charge >= 0.3 is 5.97 Å². The summed E-state index contributed by atoms with van der Waals surface area (Å²) in [4.78, 5) is 25.6. The summed E-state index contributed by atoms with van der Waals surface area (Å²) in [5, 5.41) is 10.5. The van der Waals surface area contributed by atoms with E-state index in [-0.39, 0.29) is 12.3 Å². The maximum atomic E-state index is 11.6. The molecule has 0 radical (unpaired) electrons. The van der Waals surface area contributed by atoms with Gasteiger partial charge in [0.2, 0.25) is 0 Å². The van der Waals surface area contributed by atoms with E-state index in [1.165, 1.54) is 24.3 Å². The van der Waals surface area contributed by atoms with E-state index >= 15 is 0 Å². The Bertz CT molecular complexity index is 708. The molecule has 0 bridgehead atoms. The van der Waals surface area contributed by atoms with Gasteiger partial charge in [-0.15, -0.1) is 0 Å². The van der Waals surface area contributed by atoms with Crippen molar-refractivity contribution in [3.63, 3.8) is 0 Å². The van der Waals surface area contributed by atoms with Crippen LogP contribution in [0.3, 0.4) is 0 Å². The number of nitro groups is 1. The molecule has 7 nitrogen and oxygen atoms in total.